The number of rotatable bonds is 12. The second kappa shape index (κ2) is 13.1. The van der Waals surface area contributed by atoms with E-state index in [-0.39, 0.29) is 0 Å². The van der Waals surface area contributed by atoms with Gasteiger partial charge in [-0.15, -0.1) is 5.11 Å². The second-order valence-electron chi connectivity index (χ2n) is 8.50. The summed E-state index contributed by atoms with van der Waals surface area (Å²) in [4.78, 5) is 0. The molecule has 4 rings (SSSR count). The molecule has 0 heterocycles. The predicted molar refractivity (Wildman–Crippen MR) is 144 cm³/mol. The molecule has 0 radical (unpaired) electrons. The van der Waals surface area contributed by atoms with E-state index in [1.165, 1.54) is 32.1 Å². The van der Waals surface area contributed by atoms with Gasteiger partial charge in [-0.25, -0.2) is 0 Å². The summed E-state index contributed by atoms with van der Waals surface area (Å²) in [7, 11) is 0. The van der Waals surface area contributed by atoms with Crippen LogP contribution in [-0.4, -0.2) is 6.61 Å². The Labute approximate surface area is 207 Å². The van der Waals surface area contributed by atoms with E-state index in [1.54, 1.807) is 0 Å². The number of hydrogen-bond donors (Lipinski definition) is 0. The van der Waals surface area contributed by atoms with E-state index in [9.17, 15) is 0 Å². The minimum atomic E-state index is 0.689. The third-order valence-corrected chi connectivity index (χ3v) is 5.77. The number of hydrogen-bond acceptors (Lipinski definition) is 5. The molecule has 0 unspecified atom stereocenters. The van der Waals surface area contributed by atoms with Crippen molar-refractivity contribution in [2.24, 2.45) is 20.5 Å². The fourth-order valence-corrected chi connectivity index (χ4v) is 3.82. The molecule has 0 N–H and O–H groups in total. The van der Waals surface area contributed by atoms with Crippen molar-refractivity contribution in [2.75, 3.05) is 6.61 Å². The number of unbranched alkanes of at least 4 members (excludes halogenated alkanes) is 5. The molecule has 0 aliphatic heterocycles. The topological polar surface area (TPSA) is 58.7 Å². The SMILES string of the molecule is CCCCCCCCOc1ccc2ccccc2c1N=Nc1ccc(N=Nc2ccccc2)cc1. The van der Waals surface area contributed by atoms with Crippen LogP contribution in [0.25, 0.3) is 10.8 Å². The molecule has 0 saturated heterocycles. The van der Waals surface area contributed by atoms with E-state index in [0.717, 1.165) is 45.7 Å². The maximum absolute atomic E-state index is 6.15. The van der Waals surface area contributed by atoms with Crippen LogP contribution >= 0.6 is 0 Å². The molecule has 0 aromatic heterocycles. The Morgan fingerprint density at radius 2 is 1.14 bits per heavy atom. The van der Waals surface area contributed by atoms with Crippen LogP contribution in [-0.2, 0) is 0 Å². The highest BCUT2D eigenvalue weighted by Gasteiger charge is 2.09. The Bertz CT molecular complexity index is 1250. The Kier molecular flexibility index (Phi) is 9.11. The van der Waals surface area contributed by atoms with Gasteiger partial charge in [-0.2, -0.15) is 15.3 Å². The molecule has 35 heavy (non-hydrogen) atoms. The summed E-state index contributed by atoms with van der Waals surface area (Å²) in [5.41, 5.74) is 3.10. The zero-order chi connectivity index (χ0) is 24.1. The first kappa shape index (κ1) is 24.3. The first-order valence-electron chi connectivity index (χ1n) is 12.5. The molecule has 5 heteroatoms. The molecule has 0 aliphatic carbocycles. The molecular formula is C30H32N4O. The normalized spacial score (nSPS) is 11.6. The van der Waals surface area contributed by atoms with E-state index in [1.807, 2.05) is 72.8 Å². The van der Waals surface area contributed by atoms with Gasteiger partial charge in [0.1, 0.15) is 11.4 Å². The smallest absolute Gasteiger partial charge is 0.147 e. The Balaban J connectivity index is 1.45. The van der Waals surface area contributed by atoms with Crippen molar-refractivity contribution in [2.45, 2.75) is 45.4 Å². The van der Waals surface area contributed by atoms with Crippen molar-refractivity contribution < 1.29 is 4.74 Å². The van der Waals surface area contributed by atoms with Crippen molar-refractivity contribution in [1.82, 2.24) is 0 Å². The molecule has 0 atom stereocenters. The first-order valence-corrected chi connectivity index (χ1v) is 12.5. The van der Waals surface area contributed by atoms with Gasteiger partial charge in [0.2, 0.25) is 0 Å². The van der Waals surface area contributed by atoms with Gasteiger partial charge in [0.25, 0.3) is 0 Å². The summed E-state index contributed by atoms with van der Waals surface area (Å²) in [5.74, 6) is 0.772. The molecule has 0 fully saturated rings. The van der Waals surface area contributed by atoms with E-state index < -0.39 is 0 Å². The summed E-state index contributed by atoms with van der Waals surface area (Å²) >= 11 is 0. The molecule has 4 aromatic rings. The molecule has 0 saturated carbocycles. The van der Waals surface area contributed by atoms with Crippen molar-refractivity contribution in [3.05, 3.63) is 91.0 Å². The van der Waals surface area contributed by atoms with E-state index >= 15 is 0 Å². The quantitative estimate of drug-likeness (QED) is 0.152. The number of fused-ring (bicyclic) bond motifs is 1. The van der Waals surface area contributed by atoms with E-state index in [0.29, 0.717) is 6.61 Å². The van der Waals surface area contributed by atoms with Gasteiger partial charge in [0.15, 0.2) is 0 Å². The van der Waals surface area contributed by atoms with Crippen LogP contribution in [0, 0.1) is 0 Å². The third-order valence-electron chi connectivity index (χ3n) is 5.77. The maximum atomic E-state index is 6.15. The van der Waals surface area contributed by atoms with Gasteiger partial charge in [-0.3, -0.25) is 0 Å². The number of azo groups is 2. The molecule has 178 valence electrons. The van der Waals surface area contributed by atoms with Crippen LogP contribution in [0.15, 0.2) is 111 Å². The van der Waals surface area contributed by atoms with Gasteiger partial charge < -0.3 is 4.74 Å². The zero-order valence-corrected chi connectivity index (χ0v) is 20.3. The summed E-state index contributed by atoms with van der Waals surface area (Å²) < 4.78 is 6.15. The lowest BCUT2D eigenvalue weighted by Gasteiger charge is -2.11. The molecule has 0 aliphatic rings. The highest BCUT2D eigenvalue weighted by molar-refractivity contribution is 5.95. The van der Waals surface area contributed by atoms with Crippen molar-refractivity contribution in [3.8, 4) is 5.75 Å². The maximum Gasteiger partial charge on any atom is 0.147 e. The lowest BCUT2D eigenvalue weighted by molar-refractivity contribution is 0.305. The van der Waals surface area contributed by atoms with Crippen LogP contribution in [0.2, 0.25) is 0 Å². The molecule has 0 bridgehead atoms. The third kappa shape index (κ3) is 7.31. The summed E-state index contributed by atoms with van der Waals surface area (Å²) in [6, 6.07) is 29.5. The summed E-state index contributed by atoms with van der Waals surface area (Å²) in [6.45, 7) is 2.93. The Hall–Kier alpha value is -3.86. The van der Waals surface area contributed by atoms with Crippen LogP contribution in [0.4, 0.5) is 22.7 Å². The lowest BCUT2D eigenvalue weighted by Crippen LogP contribution is -1.97. The van der Waals surface area contributed by atoms with Crippen LogP contribution < -0.4 is 4.74 Å². The second-order valence-corrected chi connectivity index (χ2v) is 8.50. The fourth-order valence-electron chi connectivity index (χ4n) is 3.82. The fraction of sp³-hybridized carbons (Fsp3) is 0.267. The molecule has 4 aromatic carbocycles. The average Bonchev–Trinajstić information content (AvgIpc) is 2.91. The lowest BCUT2D eigenvalue weighted by atomic mass is 10.1. The average molecular weight is 465 g/mol. The van der Waals surface area contributed by atoms with E-state index in [2.05, 4.69) is 45.6 Å². The monoisotopic (exact) mass is 464 g/mol. The van der Waals surface area contributed by atoms with Gasteiger partial charge in [-0.1, -0.05) is 87.6 Å². The first-order chi connectivity index (χ1) is 17.3. The van der Waals surface area contributed by atoms with Gasteiger partial charge in [-0.05, 0) is 54.3 Å². The van der Waals surface area contributed by atoms with Gasteiger partial charge >= 0.3 is 0 Å². The number of nitrogens with zero attached hydrogens (tertiary/aromatic N) is 4. The zero-order valence-electron chi connectivity index (χ0n) is 20.3. The number of ether oxygens (including phenoxy) is 1. The van der Waals surface area contributed by atoms with Crippen LogP contribution in [0.1, 0.15) is 45.4 Å². The molecule has 0 spiro atoms. The van der Waals surface area contributed by atoms with Crippen molar-refractivity contribution in [1.29, 1.82) is 0 Å². The minimum Gasteiger partial charge on any atom is -0.491 e. The largest absolute Gasteiger partial charge is 0.491 e. The Morgan fingerprint density at radius 1 is 0.543 bits per heavy atom. The molecule has 5 nitrogen and oxygen atoms in total. The number of benzene rings is 4. The van der Waals surface area contributed by atoms with Gasteiger partial charge in [0, 0.05) is 5.39 Å². The van der Waals surface area contributed by atoms with E-state index in [4.69, 9.17) is 4.74 Å². The Morgan fingerprint density at radius 3 is 1.89 bits per heavy atom. The van der Waals surface area contributed by atoms with Crippen molar-refractivity contribution in [3.63, 3.8) is 0 Å². The highest BCUT2D eigenvalue weighted by Crippen LogP contribution is 2.37. The summed E-state index contributed by atoms with van der Waals surface area (Å²) in [5, 5.41) is 19.8. The predicted octanol–water partition coefficient (Wildman–Crippen LogP) is 10.4. The summed E-state index contributed by atoms with van der Waals surface area (Å²) in [6.07, 6.45) is 7.39. The standard InChI is InChI=1S/C30H32N4O/c1-2-3-4-5-6-12-23-35-29-22-17-24-13-10-11-16-28(24)30(29)34-33-27-20-18-26(19-21-27)32-31-25-14-8-7-9-15-25/h7-11,13-22H,2-6,12,23H2,1H3. The van der Waals surface area contributed by atoms with Crippen molar-refractivity contribution >= 4 is 33.5 Å². The van der Waals surface area contributed by atoms with Crippen LogP contribution in [0.3, 0.4) is 0 Å². The van der Waals surface area contributed by atoms with Gasteiger partial charge in [0.05, 0.1) is 23.7 Å². The molecule has 0 amide bonds. The highest BCUT2D eigenvalue weighted by atomic mass is 16.5. The minimum absolute atomic E-state index is 0.689. The van der Waals surface area contributed by atoms with Crippen LogP contribution in [0.5, 0.6) is 5.75 Å². The molecular weight excluding hydrogens is 432 g/mol.